The van der Waals surface area contributed by atoms with Gasteiger partial charge in [-0.3, -0.25) is 9.59 Å². The molecule has 0 aliphatic heterocycles. The van der Waals surface area contributed by atoms with Crippen molar-refractivity contribution in [2.75, 3.05) is 13.2 Å². The lowest BCUT2D eigenvalue weighted by Gasteiger charge is -2.13. The molecule has 0 bridgehead atoms. The summed E-state index contributed by atoms with van der Waals surface area (Å²) in [6.07, 6.45) is 0.964. The molecule has 3 aromatic rings. The van der Waals surface area contributed by atoms with Crippen LogP contribution in [0.2, 0.25) is 0 Å². The zero-order chi connectivity index (χ0) is 22.9. The van der Waals surface area contributed by atoms with E-state index < -0.39 is 17.8 Å². The normalized spacial score (nSPS) is 11.7. The molecule has 1 aromatic heterocycles. The maximum absolute atomic E-state index is 11.7. The van der Waals surface area contributed by atoms with Gasteiger partial charge in [-0.25, -0.2) is 4.98 Å². The third-order valence-corrected chi connectivity index (χ3v) is 5.05. The lowest BCUT2D eigenvalue weighted by atomic mass is 9.95. The van der Waals surface area contributed by atoms with Crippen molar-refractivity contribution in [3.05, 3.63) is 71.6 Å². The molecule has 3 rings (SSSR count). The van der Waals surface area contributed by atoms with Crippen LogP contribution < -0.4 is 10.5 Å². The summed E-state index contributed by atoms with van der Waals surface area (Å²) >= 11 is 0. The van der Waals surface area contributed by atoms with Gasteiger partial charge in [-0.2, -0.15) is 0 Å². The molecule has 2 N–H and O–H groups in total. The fourth-order valence-electron chi connectivity index (χ4n) is 3.33. The van der Waals surface area contributed by atoms with E-state index in [0.29, 0.717) is 31.1 Å². The van der Waals surface area contributed by atoms with E-state index in [2.05, 4.69) is 4.98 Å². The molecule has 0 spiro atoms. The number of nitrogens with two attached hydrogens (primary N) is 1. The minimum absolute atomic E-state index is 0.0244. The topological polar surface area (TPSA) is 105 Å². The Labute approximate surface area is 187 Å². The van der Waals surface area contributed by atoms with Crippen LogP contribution in [0.3, 0.4) is 0 Å². The summed E-state index contributed by atoms with van der Waals surface area (Å²) in [6.45, 7) is 4.35. The van der Waals surface area contributed by atoms with Gasteiger partial charge in [0.05, 0.1) is 31.2 Å². The van der Waals surface area contributed by atoms with Gasteiger partial charge in [0.2, 0.25) is 11.8 Å². The van der Waals surface area contributed by atoms with E-state index in [9.17, 15) is 9.59 Å². The van der Waals surface area contributed by atoms with Gasteiger partial charge in [-0.05, 0) is 50.1 Å². The number of oxazole rings is 1. The van der Waals surface area contributed by atoms with Gasteiger partial charge in [0, 0.05) is 12.0 Å². The number of esters is 1. The second-order valence-corrected chi connectivity index (χ2v) is 7.44. The molecule has 0 aliphatic carbocycles. The Kier molecular flexibility index (Phi) is 8.02. The summed E-state index contributed by atoms with van der Waals surface area (Å²) < 4.78 is 16.5. The molecule has 32 heavy (non-hydrogen) atoms. The first kappa shape index (κ1) is 23.1. The first-order valence-electron chi connectivity index (χ1n) is 10.6. The molecular formula is C25H28N2O5. The number of benzene rings is 2. The van der Waals surface area contributed by atoms with Gasteiger partial charge in [-0.1, -0.05) is 30.3 Å². The van der Waals surface area contributed by atoms with Crippen LogP contribution in [0.25, 0.3) is 11.5 Å². The molecule has 0 saturated carbocycles. The summed E-state index contributed by atoms with van der Waals surface area (Å²) in [7, 11) is 0. The van der Waals surface area contributed by atoms with E-state index in [4.69, 9.17) is 19.6 Å². The molecule has 1 atom stereocenters. The Morgan fingerprint density at radius 3 is 2.47 bits per heavy atom. The Hall–Kier alpha value is -3.61. The van der Waals surface area contributed by atoms with E-state index in [0.717, 1.165) is 22.6 Å². The molecule has 0 fully saturated rings. The lowest BCUT2D eigenvalue weighted by Crippen LogP contribution is -2.28. The third kappa shape index (κ3) is 6.44. The first-order chi connectivity index (χ1) is 15.5. The minimum atomic E-state index is -0.602. The highest BCUT2D eigenvalue weighted by Gasteiger charge is 2.21. The van der Waals surface area contributed by atoms with Crippen molar-refractivity contribution in [3.8, 4) is 17.2 Å². The maximum Gasteiger partial charge on any atom is 0.306 e. The molecule has 1 heterocycles. The standard InChI is InChI=1S/C25H28N2O5/c1-3-30-23(28)16-20(24(26)29)15-18-9-11-21(12-10-18)31-14-13-22-17(2)32-25(27-22)19-7-5-4-6-8-19/h4-12,20H,3,13-16H2,1-2H3,(H2,26,29). The van der Waals surface area contributed by atoms with Gasteiger partial charge in [-0.15, -0.1) is 0 Å². The van der Waals surface area contributed by atoms with Gasteiger partial charge in [0.1, 0.15) is 11.5 Å². The number of carbonyl (C=O) groups excluding carboxylic acids is 2. The number of aryl methyl sites for hydroxylation is 1. The number of aromatic nitrogens is 1. The number of hydrogen-bond donors (Lipinski definition) is 1. The van der Waals surface area contributed by atoms with Gasteiger partial charge >= 0.3 is 5.97 Å². The largest absolute Gasteiger partial charge is 0.493 e. The van der Waals surface area contributed by atoms with Gasteiger partial charge < -0.3 is 19.6 Å². The number of primary amides is 1. The van der Waals surface area contributed by atoms with Gasteiger partial charge in [0.15, 0.2) is 0 Å². The molecule has 0 saturated heterocycles. The van der Waals surface area contributed by atoms with Crippen LogP contribution in [0.15, 0.2) is 59.0 Å². The fraction of sp³-hybridized carbons (Fsp3) is 0.320. The summed E-state index contributed by atoms with van der Waals surface area (Å²) in [5.74, 6) is 0.552. The number of carbonyl (C=O) groups is 2. The highest BCUT2D eigenvalue weighted by molar-refractivity contribution is 5.82. The van der Waals surface area contributed by atoms with Crippen LogP contribution in [0.1, 0.15) is 30.4 Å². The summed E-state index contributed by atoms with van der Waals surface area (Å²) in [5, 5.41) is 0. The molecule has 7 nitrogen and oxygen atoms in total. The van der Waals surface area contributed by atoms with E-state index in [-0.39, 0.29) is 13.0 Å². The van der Waals surface area contributed by atoms with Crippen LogP contribution in [-0.4, -0.2) is 30.1 Å². The quantitative estimate of drug-likeness (QED) is 0.458. The summed E-state index contributed by atoms with van der Waals surface area (Å²) in [5.41, 5.74) is 8.14. The smallest absolute Gasteiger partial charge is 0.306 e. The Balaban J connectivity index is 1.52. The highest BCUT2D eigenvalue weighted by atomic mass is 16.5. The Morgan fingerprint density at radius 1 is 1.09 bits per heavy atom. The highest BCUT2D eigenvalue weighted by Crippen LogP contribution is 2.22. The zero-order valence-corrected chi connectivity index (χ0v) is 18.4. The second kappa shape index (κ2) is 11.1. The Bertz CT molecular complexity index is 1030. The Morgan fingerprint density at radius 2 is 1.81 bits per heavy atom. The van der Waals surface area contributed by atoms with Crippen molar-refractivity contribution in [1.82, 2.24) is 4.98 Å². The molecule has 2 aromatic carbocycles. The van der Waals surface area contributed by atoms with Crippen LogP contribution in [-0.2, 0) is 27.2 Å². The number of nitrogens with zero attached hydrogens (tertiary/aromatic N) is 1. The molecule has 0 radical (unpaired) electrons. The monoisotopic (exact) mass is 436 g/mol. The second-order valence-electron chi connectivity index (χ2n) is 7.44. The van der Waals surface area contributed by atoms with E-state index in [1.54, 1.807) is 6.92 Å². The average Bonchev–Trinajstić information content (AvgIpc) is 3.15. The number of hydrogen-bond acceptors (Lipinski definition) is 6. The zero-order valence-electron chi connectivity index (χ0n) is 18.4. The first-order valence-corrected chi connectivity index (χ1v) is 10.6. The van der Waals surface area contributed by atoms with Crippen LogP contribution in [0.4, 0.5) is 0 Å². The van der Waals surface area contributed by atoms with E-state index in [1.165, 1.54) is 0 Å². The predicted octanol–water partition coefficient (Wildman–Crippen LogP) is 3.87. The molecule has 1 amide bonds. The van der Waals surface area contributed by atoms with E-state index >= 15 is 0 Å². The summed E-state index contributed by atoms with van der Waals surface area (Å²) in [6, 6.07) is 17.2. The minimum Gasteiger partial charge on any atom is -0.493 e. The van der Waals surface area contributed by atoms with Crippen molar-refractivity contribution in [3.63, 3.8) is 0 Å². The van der Waals surface area contributed by atoms with Crippen molar-refractivity contribution in [2.45, 2.75) is 33.1 Å². The van der Waals surface area contributed by atoms with Gasteiger partial charge in [0.25, 0.3) is 0 Å². The predicted molar refractivity (Wildman–Crippen MR) is 120 cm³/mol. The fourth-order valence-corrected chi connectivity index (χ4v) is 3.33. The average molecular weight is 437 g/mol. The lowest BCUT2D eigenvalue weighted by molar-refractivity contribution is -0.146. The van der Waals surface area contributed by atoms with Crippen LogP contribution in [0, 0.1) is 12.8 Å². The van der Waals surface area contributed by atoms with Crippen LogP contribution in [0.5, 0.6) is 5.75 Å². The molecule has 168 valence electrons. The maximum atomic E-state index is 11.7. The van der Waals surface area contributed by atoms with Crippen LogP contribution >= 0.6 is 0 Å². The molecule has 7 heteroatoms. The van der Waals surface area contributed by atoms with Crippen molar-refractivity contribution in [1.29, 1.82) is 0 Å². The summed E-state index contributed by atoms with van der Waals surface area (Å²) in [4.78, 5) is 27.9. The number of ether oxygens (including phenoxy) is 2. The molecule has 1 unspecified atom stereocenters. The van der Waals surface area contributed by atoms with Crippen molar-refractivity contribution < 1.29 is 23.5 Å². The number of rotatable bonds is 11. The SMILES string of the molecule is CCOC(=O)CC(Cc1ccc(OCCc2nc(-c3ccccc3)oc2C)cc1)C(N)=O. The van der Waals surface area contributed by atoms with Crippen molar-refractivity contribution >= 4 is 11.9 Å². The molecular weight excluding hydrogens is 408 g/mol. The molecule has 0 aliphatic rings. The van der Waals surface area contributed by atoms with E-state index in [1.807, 2.05) is 61.5 Å². The third-order valence-electron chi connectivity index (χ3n) is 5.05. The number of amides is 1. The van der Waals surface area contributed by atoms with Crippen molar-refractivity contribution in [2.24, 2.45) is 11.7 Å².